The minimum atomic E-state index is -0.135. The molecule has 0 amide bonds. The van der Waals surface area contributed by atoms with Crippen LogP contribution in [0.15, 0.2) is 0 Å². The van der Waals surface area contributed by atoms with E-state index in [1.54, 1.807) is 0 Å². The lowest BCUT2D eigenvalue weighted by Gasteiger charge is -2.26. The highest BCUT2D eigenvalue weighted by atomic mass is 16.5. The Bertz CT molecular complexity index is 417. The average Bonchev–Trinajstić information content (AvgIpc) is 2.63. The van der Waals surface area contributed by atoms with E-state index in [1.165, 1.54) is 25.7 Å². The molecule has 0 heterocycles. The number of unbranched alkanes of at least 4 members (excludes halogenated alkanes) is 4. The molecule has 0 saturated heterocycles. The lowest BCUT2D eigenvalue weighted by Crippen LogP contribution is -2.30. The monoisotopic (exact) mass is 382 g/mol. The van der Waals surface area contributed by atoms with Gasteiger partial charge in [0, 0.05) is 0 Å². The second kappa shape index (κ2) is 14.0. The van der Waals surface area contributed by atoms with Gasteiger partial charge < -0.3 is 9.47 Å². The molecular formula is C23H42O4. The van der Waals surface area contributed by atoms with Crippen LogP contribution in [0.3, 0.4) is 0 Å². The van der Waals surface area contributed by atoms with Gasteiger partial charge in [0.15, 0.2) is 0 Å². The van der Waals surface area contributed by atoms with E-state index >= 15 is 0 Å². The van der Waals surface area contributed by atoms with Gasteiger partial charge >= 0.3 is 11.9 Å². The predicted molar refractivity (Wildman–Crippen MR) is 109 cm³/mol. The molecule has 1 saturated carbocycles. The van der Waals surface area contributed by atoms with Gasteiger partial charge in [-0.15, -0.1) is 0 Å². The summed E-state index contributed by atoms with van der Waals surface area (Å²) in [5.41, 5.74) is 0. The van der Waals surface area contributed by atoms with Crippen molar-refractivity contribution in [3.05, 3.63) is 0 Å². The summed E-state index contributed by atoms with van der Waals surface area (Å²) in [4.78, 5) is 24.5. The van der Waals surface area contributed by atoms with Crippen molar-refractivity contribution in [3.63, 3.8) is 0 Å². The summed E-state index contributed by atoms with van der Waals surface area (Å²) < 4.78 is 10.9. The summed E-state index contributed by atoms with van der Waals surface area (Å²) in [6, 6.07) is 0. The molecular weight excluding hydrogens is 340 g/mol. The molecule has 0 N–H and O–H groups in total. The molecule has 0 aromatic carbocycles. The number of carbonyl (C=O) groups excluding carboxylic acids is 2. The lowest BCUT2D eigenvalue weighted by atomic mass is 9.81. The van der Waals surface area contributed by atoms with Crippen molar-refractivity contribution in [3.8, 4) is 0 Å². The van der Waals surface area contributed by atoms with Gasteiger partial charge in [0.05, 0.1) is 25.0 Å². The molecule has 0 aliphatic heterocycles. The Hall–Kier alpha value is -1.06. The van der Waals surface area contributed by atoms with Crippen molar-refractivity contribution in [1.29, 1.82) is 0 Å². The van der Waals surface area contributed by atoms with E-state index in [0.717, 1.165) is 44.4 Å². The third-order valence-corrected chi connectivity index (χ3v) is 5.45. The Labute approximate surface area is 166 Å². The first-order valence-corrected chi connectivity index (χ1v) is 11.2. The van der Waals surface area contributed by atoms with Gasteiger partial charge in [0.2, 0.25) is 0 Å². The van der Waals surface area contributed by atoms with E-state index in [4.69, 9.17) is 9.47 Å². The van der Waals surface area contributed by atoms with Gasteiger partial charge in [-0.05, 0) is 43.9 Å². The molecule has 1 aliphatic rings. The minimum absolute atomic E-state index is 0.116. The van der Waals surface area contributed by atoms with Gasteiger partial charge in [-0.1, -0.05) is 66.2 Å². The summed E-state index contributed by atoms with van der Waals surface area (Å²) in [5, 5.41) is 0. The van der Waals surface area contributed by atoms with Crippen LogP contribution < -0.4 is 0 Å². The van der Waals surface area contributed by atoms with E-state index < -0.39 is 0 Å². The fourth-order valence-electron chi connectivity index (χ4n) is 3.61. The Morgan fingerprint density at radius 1 is 0.741 bits per heavy atom. The first-order chi connectivity index (χ1) is 12.9. The van der Waals surface area contributed by atoms with Gasteiger partial charge in [-0.25, -0.2) is 0 Å². The van der Waals surface area contributed by atoms with Gasteiger partial charge in [0.25, 0.3) is 0 Å². The number of rotatable bonds is 13. The highest BCUT2D eigenvalue weighted by Gasteiger charge is 2.32. The molecule has 1 fully saturated rings. The number of esters is 2. The fraction of sp³-hybridized carbons (Fsp3) is 0.913. The Kier molecular flexibility index (Phi) is 12.4. The Morgan fingerprint density at radius 2 is 1.26 bits per heavy atom. The topological polar surface area (TPSA) is 52.6 Å². The number of carbonyl (C=O) groups is 2. The molecule has 1 rings (SSSR count). The number of hydrogen-bond acceptors (Lipinski definition) is 4. The average molecular weight is 383 g/mol. The van der Waals surface area contributed by atoms with E-state index in [0.29, 0.717) is 25.6 Å². The maximum Gasteiger partial charge on any atom is 0.308 e. The second-order valence-corrected chi connectivity index (χ2v) is 9.03. The fourth-order valence-corrected chi connectivity index (χ4v) is 3.61. The zero-order chi connectivity index (χ0) is 20.1. The van der Waals surface area contributed by atoms with Crippen molar-refractivity contribution in [2.45, 2.75) is 98.3 Å². The van der Waals surface area contributed by atoms with E-state index in [1.807, 2.05) is 0 Å². The van der Waals surface area contributed by atoms with Crippen LogP contribution in [0.25, 0.3) is 0 Å². The summed E-state index contributed by atoms with van der Waals surface area (Å²) in [7, 11) is 0. The standard InChI is InChI=1S/C23H42O4/c1-18(2)11-8-6-5-7-9-15-26-22(24)20-12-10-13-21(17-20)23(25)27-16-14-19(3)4/h18-21H,5-17H2,1-4H3. The van der Waals surface area contributed by atoms with Crippen LogP contribution in [0.1, 0.15) is 98.3 Å². The van der Waals surface area contributed by atoms with Crippen molar-refractivity contribution < 1.29 is 19.1 Å². The third-order valence-electron chi connectivity index (χ3n) is 5.45. The highest BCUT2D eigenvalue weighted by molar-refractivity contribution is 5.76. The van der Waals surface area contributed by atoms with Crippen LogP contribution in [0.2, 0.25) is 0 Å². The SMILES string of the molecule is CC(C)CCCCCCCOC(=O)C1CCCC(C(=O)OCCC(C)C)C1. The van der Waals surface area contributed by atoms with Crippen molar-refractivity contribution >= 4 is 11.9 Å². The predicted octanol–water partition coefficient (Wildman–Crippen LogP) is 5.92. The van der Waals surface area contributed by atoms with Crippen LogP contribution >= 0.6 is 0 Å². The van der Waals surface area contributed by atoms with Crippen LogP contribution in [-0.4, -0.2) is 25.2 Å². The van der Waals surface area contributed by atoms with E-state index in [-0.39, 0.29) is 23.8 Å². The Balaban J connectivity index is 2.14. The normalized spacial score (nSPS) is 20.1. The molecule has 2 unspecified atom stereocenters. The van der Waals surface area contributed by atoms with Crippen molar-refractivity contribution in [2.24, 2.45) is 23.7 Å². The number of hydrogen-bond donors (Lipinski definition) is 0. The smallest absolute Gasteiger partial charge is 0.308 e. The molecule has 4 nitrogen and oxygen atoms in total. The van der Waals surface area contributed by atoms with Crippen LogP contribution in [0.5, 0.6) is 0 Å². The molecule has 158 valence electrons. The molecule has 0 bridgehead atoms. The summed E-state index contributed by atoms with van der Waals surface area (Å²) in [6.45, 7) is 9.77. The van der Waals surface area contributed by atoms with Gasteiger partial charge in [-0.2, -0.15) is 0 Å². The molecule has 0 spiro atoms. The van der Waals surface area contributed by atoms with Gasteiger partial charge in [-0.3, -0.25) is 9.59 Å². The largest absolute Gasteiger partial charge is 0.465 e. The maximum atomic E-state index is 12.3. The highest BCUT2D eigenvalue weighted by Crippen LogP contribution is 2.31. The van der Waals surface area contributed by atoms with E-state index in [2.05, 4.69) is 27.7 Å². The first-order valence-electron chi connectivity index (χ1n) is 11.2. The van der Waals surface area contributed by atoms with Crippen molar-refractivity contribution in [1.82, 2.24) is 0 Å². The summed E-state index contributed by atoms with van der Waals surface area (Å²) in [6.07, 6.45) is 11.2. The quantitative estimate of drug-likeness (QED) is 0.293. The molecule has 27 heavy (non-hydrogen) atoms. The Morgan fingerprint density at radius 3 is 1.85 bits per heavy atom. The lowest BCUT2D eigenvalue weighted by molar-refractivity contribution is -0.155. The molecule has 1 aliphatic carbocycles. The van der Waals surface area contributed by atoms with Crippen LogP contribution in [0.4, 0.5) is 0 Å². The zero-order valence-electron chi connectivity index (χ0n) is 18.1. The minimum Gasteiger partial charge on any atom is -0.465 e. The molecule has 0 aromatic heterocycles. The number of ether oxygens (including phenoxy) is 2. The first kappa shape index (κ1) is 24.0. The van der Waals surface area contributed by atoms with E-state index in [9.17, 15) is 9.59 Å². The van der Waals surface area contributed by atoms with Crippen molar-refractivity contribution in [2.75, 3.05) is 13.2 Å². The molecule has 0 radical (unpaired) electrons. The summed E-state index contributed by atoms with van der Waals surface area (Å²) >= 11 is 0. The van der Waals surface area contributed by atoms with Crippen LogP contribution in [0, 0.1) is 23.7 Å². The second-order valence-electron chi connectivity index (χ2n) is 9.03. The molecule has 4 heteroatoms. The van der Waals surface area contributed by atoms with Gasteiger partial charge in [0.1, 0.15) is 0 Å². The summed E-state index contributed by atoms with van der Waals surface area (Å²) in [5.74, 6) is 0.806. The molecule has 2 atom stereocenters. The van der Waals surface area contributed by atoms with Crippen LogP contribution in [-0.2, 0) is 19.1 Å². The molecule has 0 aromatic rings. The maximum absolute atomic E-state index is 12.3. The third kappa shape index (κ3) is 11.4. The zero-order valence-corrected chi connectivity index (χ0v) is 18.1.